The van der Waals surface area contributed by atoms with Crippen LogP contribution in [0.4, 0.5) is 10.5 Å². The molecule has 0 spiro atoms. The normalized spacial score (nSPS) is 13.4. The van der Waals surface area contributed by atoms with Crippen LogP contribution in [0.3, 0.4) is 0 Å². The summed E-state index contributed by atoms with van der Waals surface area (Å²) in [5, 5.41) is 12.6. The van der Waals surface area contributed by atoms with Crippen LogP contribution in [0.5, 0.6) is 0 Å². The van der Waals surface area contributed by atoms with Crippen molar-refractivity contribution in [2.24, 2.45) is 0 Å². The molecule has 0 unspecified atom stereocenters. The first-order valence-corrected chi connectivity index (χ1v) is 8.51. The highest BCUT2D eigenvalue weighted by molar-refractivity contribution is 7.84. The van der Waals surface area contributed by atoms with E-state index in [4.69, 9.17) is 0 Å². The Morgan fingerprint density at radius 3 is 2.59 bits per heavy atom. The highest BCUT2D eigenvalue weighted by Gasteiger charge is 2.10. The zero-order valence-corrected chi connectivity index (χ0v) is 13.7. The molecule has 0 aliphatic rings. The van der Waals surface area contributed by atoms with Crippen molar-refractivity contribution in [3.05, 3.63) is 41.7 Å². The quantitative estimate of drug-likeness (QED) is 0.789. The van der Waals surface area contributed by atoms with Gasteiger partial charge >= 0.3 is 6.03 Å². The second-order valence-corrected chi connectivity index (χ2v) is 6.60. The van der Waals surface area contributed by atoms with E-state index in [2.05, 4.69) is 20.8 Å². The van der Waals surface area contributed by atoms with Crippen LogP contribution < -0.4 is 10.6 Å². The number of hydrogen-bond donors (Lipinski definition) is 3. The Hall–Kier alpha value is -2.15. The van der Waals surface area contributed by atoms with E-state index >= 15 is 0 Å². The zero-order chi connectivity index (χ0) is 16.1. The summed E-state index contributed by atoms with van der Waals surface area (Å²) in [7, 11) is -1.02. The second-order valence-electron chi connectivity index (χ2n) is 5.22. The van der Waals surface area contributed by atoms with Gasteiger partial charge < -0.3 is 10.6 Å². The third-order valence-corrected chi connectivity index (χ3v) is 4.03. The molecule has 2 aromatic rings. The molecule has 6 nitrogen and oxygen atoms in total. The van der Waals surface area contributed by atoms with Crippen molar-refractivity contribution in [1.82, 2.24) is 15.5 Å². The predicted octanol–water partition coefficient (Wildman–Crippen LogP) is 2.21. The monoisotopic (exact) mass is 320 g/mol. The summed E-state index contributed by atoms with van der Waals surface area (Å²) in [5.74, 6) is 0. The number of nitrogens with zero attached hydrogens (tertiary/aromatic N) is 1. The molecule has 0 bridgehead atoms. The van der Waals surface area contributed by atoms with Crippen LogP contribution in [-0.2, 0) is 17.2 Å². The largest absolute Gasteiger partial charge is 0.335 e. The number of aromatic amines is 1. The third kappa shape index (κ3) is 4.70. The Labute approximate surface area is 132 Å². The Bertz CT molecular complexity index is 666. The Morgan fingerprint density at radius 2 is 2.05 bits per heavy atom. The lowest BCUT2D eigenvalue weighted by atomic mass is 10.2. The highest BCUT2D eigenvalue weighted by atomic mass is 32.2. The minimum atomic E-state index is -1.02. The van der Waals surface area contributed by atoms with Crippen LogP contribution in [-0.4, -0.2) is 32.7 Å². The molecule has 1 heterocycles. The van der Waals surface area contributed by atoms with Crippen LogP contribution >= 0.6 is 0 Å². The van der Waals surface area contributed by atoms with Crippen molar-refractivity contribution in [1.29, 1.82) is 0 Å². The first kappa shape index (κ1) is 16.2. The van der Waals surface area contributed by atoms with Gasteiger partial charge in [-0.15, -0.1) is 0 Å². The topological polar surface area (TPSA) is 86.9 Å². The van der Waals surface area contributed by atoms with E-state index in [1.54, 1.807) is 30.5 Å². The Balaban J connectivity index is 1.85. The third-order valence-electron chi connectivity index (χ3n) is 3.10. The SMILES string of the molecule is Cc1cc(C[C@H](C)NC(=O)Nc2ccc([S@](C)=O)cc2)n[nH]1. The van der Waals surface area contributed by atoms with Gasteiger partial charge in [0.15, 0.2) is 0 Å². The summed E-state index contributed by atoms with van der Waals surface area (Å²) in [5.41, 5.74) is 2.58. The molecule has 0 aliphatic heterocycles. The summed E-state index contributed by atoms with van der Waals surface area (Å²) in [6, 6.07) is 8.59. The summed E-state index contributed by atoms with van der Waals surface area (Å²) in [6.07, 6.45) is 2.28. The molecule has 7 heteroatoms. The molecule has 2 rings (SSSR count). The maximum absolute atomic E-state index is 11.9. The number of carbonyl (C=O) groups is 1. The average Bonchev–Trinajstić information content (AvgIpc) is 2.84. The smallest absolute Gasteiger partial charge is 0.319 e. The molecule has 0 fully saturated rings. The van der Waals surface area contributed by atoms with Crippen LogP contribution in [0.15, 0.2) is 35.2 Å². The van der Waals surface area contributed by atoms with Gasteiger partial charge in [-0.05, 0) is 44.2 Å². The van der Waals surface area contributed by atoms with Crippen molar-refractivity contribution < 1.29 is 9.00 Å². The number of amides is 2. The standard InChI is InChI=1S/C15H20N4O2S/c1-10(8-13-9-11(2)18-19-13)16-15(20)17-12-4-6-14(7-5-12)22(3)21/h4-7,9-10H,8H2,1-3H3,(H,18,19)(H2,16,17,20)/t10-,22-/m0/s1. The first-order valence-electron chi connectivity index (χ1n) is 6.96. The summed E-state index contributed by atoms with van der Waals surface area (Å²) in [4.78, 5) is 12.7. The van der Waals surface area contributed by atoms with Gasteiger partial charge in [-0.25, -0.2) is 4.79 Å². The predicted molar refractivity (Wildman–Crippen MR) is 87.4 cm³/mol. The van der Waals surface area contributed by atoms with Crippen molar-refractivity contribution in [2.45, 2.75) is 31.2 Å². The minimum absolute atomic E-state index is 0.0369. The number of aromatic nitrogens is 2. The van der Waals surface area contributed by atoms with Gasteiger partial charge in [0.2, 0.25) is 0 Å². The molecule has 1 aromatic carbocycles. The number of benzene rings is 1. The Morgan fingerprint density at radius 1 is 1.36 bits per heavy atom. The molecule has 0 saturated carbocycles. The summed E-state index contributed by atoms with van der Waals surface area (Å²) in [6.45, 7) is 3.86. The molecule has 0 saturated heterocycles. The van der Waals surface area contributed by atoms with Gasteiger partial charge in [0.05, 0.1) is 5.69 Å². The van der Waals surface area contributed by atoms with Crippen LogP contribution in [0, 0.1) is 6.92 Å². The number of aryl methyl sites for hydroxylation is 1. The van der Waals surface area contributed by atoms with Gasteiger partial charge in [0.25, 0.3) is 0 Å². The van der Waals surface area contributed by atoms with Gasteiger partial charge in [-0.3, -0.25) is 9.31 Å². The van der Waals surface area contributed by atoms with Crippen LogP contribution in [0.25, 0.3) is 0 Å². The van der Waals surface area contributed by atoms with Gasteiger partial charge in [-0.1, -0.05) is 0 Å². The first-order chi connectivity index (χ1) is 10.4. The lowest BCUT2D eigenvalue weighted by molar-refractivity contribution is 0.249. The lowest BCUT2D eigenvalue weighted by Gasteiger charge is -2.13. The fourth-order valence-corrected chi connectivity index (χ4v) is 2.58. The van der Waals surface area contributed by atoms with Crippen molar-refractivity contribution in [3.63, 3.8) is 0 Å². The van der Waals surface area contributed by atoms with Crippen molar-refractivity contribution in [3.8, 4) is 0 Å². The molecular weight excluding hydrogens is 300 g/mol. The number of urea groups is 1. The minimum Gasteiger partial charge on any atom is -0.335 e. The van der Waals surface area contributed by atoms with Gasteiger partial charge in [0, 0.05) is 45.8 Å². The molecule has 22 heavy (non-hydrogen) atoms. The van der Waals surface area contributed by atoms with E-state index in [1.807, 2.05) is 19.9 Å². The van der Waals surface area contributed by atoms with Gasteiger partial charge in [-0.2, -0.15) is 5.10 Å². The second kappa shape index (κ2) is 7.22. The molecule has 118 valence electrons. The van der Waals surface area contributed by atoms with E-state index in [0.29, 0.717) is 12.1 Å². The van der Waals surface area contributed by atoms with Gasteiger partial charge in [0.1, 0.15) is 0 Å². The average molecular weight is 320 g/mol. The molecular formula is C15H20N4O2S. The zero-order valence-electron chi connectivity index (χ0n) is 12.8. The molecule has 1 aromatic heterocycles. The maximum atomic E-state index is 11.9. The van der Waals surface area contributed by atoms with Crippen molar-refractivity contribution >= 4 is 22.5 Å². The molecule has 2 atom stereocenters. The van der Waals surface area contributed by atoms with E-state index < -0.39 is 10.8 Å². The number of anilines is 1. The van der Waals surface area contributed by atoms with E-state index in [9.17, 15) is 9.00 Å². The molecule has 2 amide bonds. The number of nitrogens with one attached hydrogen (secondary N) is 3. The summed E-state index contributed by atoms with van der Waals surface area (Å²) >= 11 is 0. The van der Waals surface area contributed by atoms with E-state index in [0.717, 1.165) is 16.3 Å². The Kier molecular flexibility index (Phi) is 5.32. The van der Waals surface area contributed by atoms with Crippen LogP contribution in [0.1, 0.15) is 18.3 Å². The number of H-pyrrole nitrogens is 1. The lowest BCUT2D eigenvalue weighted by Crippen LogP contribution is -2.37. The maximum Gasteiger partial charge on any atom is 0.319 e. The molecule has 0 radical (unpaired) electrons. The molecule has 3 N–H and O–H groups in total. The number of carbonyl (C=O) groups excluding carboxylic acids is 1. The van der Waals surface area contributed by atoms with Crippen molar-refractivity contribution in [2.75, 3.05) is 11.6 Å². The number of rotatable bonds is 5. The fraction of sp³-hybridized carbons (Fsp3) is 0.333. The fourth-order valence-electron chi connectivity index (χ4n) is 2.06. The van der Waals surface area contributed by atoms with Crippen LogP contribution in [0.2, 0.25) is 0 Å². The van der Waals surface area contributed by atoms with E-state index in [-0.39, 0.29) is 12.1 Å². The highest BCUT2D eigenvalue weighted by Crippen LogP contribution is 2.11. The number of hydrogen-bond acceptors (Lipinski definition) is 3. The molecule has 0 aliphatic carbocycles. The summed E-state index contributed by atoms with van der Waals surface area (Å²) < 4.78 is 11.3. The van der Waals surface area contributed by atoms with E-state index in [1.165, 1.54) is 0 Å².